The number of alkyl halides is 3. The molecule has 0 N–H and O–H groups in total. The number of piperidine rings is 1. The van der Waals surface area contributed by atoms with Crippen LogP contribution in [-0.2, 0) is 21.6 Å². The molecule has 32 heavy (non-hydrogen) atoms. The number of pyridine rings is 1. The number of hydrogen-bond acceptors (Lipinski definition) is 5. The Kier molecular flexibility index (Phi) is 4.96. The van der Waals surface area contributed by atoms with E-state index in [1.54, 1.807) is 12.1 Å². The Labute approximate surface area is 184 Å². The maximum atomic E-state index is 12.9. The minimum Gasteiger partial charge on any atom is -0.439 e. The van der Waals surface area contributed by atoms with Crippen LogP contribution in [0.3, 0.4) is 0 Å². The molecule has 2 unspecified atom stereocenters. The van der Waals surface area contributed by atoms with Crippen LogP contribution < -0.4 is 4.74 Å². The molecule has 1 aliphatic carbocycles. The highest BCUT2D eigenvalue weighted by atomic mass is 32.2. The van der Waals surface area contributed by atoms with Crippen molar-refractivity contribution < 1.29 is 26.3 Å². The molecule has 10 heteroatoms. The van der Waals surface area contributed by atoms with Crippen molar-refractivity contribution in [2.45, 2.75) is 37.3 Å². The van der Waals surface area contributed by atoms with Crippen LogP contribution in [0.4, 0.5) is 13.2 Å². The van der Waals surface area contributed by atoms with Crippen LogP contribution in [0.15, 0.2) is 47.0 Å². The van der Waals surface area contributed by atoms with E-state index in [2.05, 4.69) is 14.3 Å². The van der Waals surface area contributed by atoms with E-state index in [1.165, 1.54) is 0 Å². The zero-order valence-corrected chi connectivity index (χ0v) is 18.0. The molecule has 1 aromatic carbocycles. The van der Waals surface area contributed by atoms with Gasteiger partial charge in [-0.25, -0.2) is 13.4 Å². The van der Waals surface area contributed by atoms with Crippen molar-refractivity contribution in [1.29, 1.82) is 0 Å². The van der Waals surface area contributed by atoms with E-state index in [9.17, 15) is 21.6 Å². The van der Waals surface area contributed by atoms with Crippen molar-refractivity contribution in [1.82, 2.24) is 9.88 Å². The lowest BCUT2D eigenvalue weighted by molar-refractivity contribution is -0.137. The summed E-state index contributed by atoms with van der Waals surface area (Å²) in [5, 5.41) is 0. The highest BCUT2D eigenvalue weighted by Gasteiger charge is 2.50. The fourth-order valence-corrected chi connectivity index (χ4v) is 6.29. The molecule has 1 aromatic heterocycles. The Morgan fingerprint density at radius 2 is 1.94 bits per heavy atom. The lowest BCUT2D eigenvalue weighted by atomic mass is 9.62. The zero-order chi connectivity index (χ0) is 22.6. The van der Waals surface area contributed by atoms with Gasteiger partial charge >= 0.3 is 6.18 Å². The number of ether oxygens (including phenoxy) is 1. The Morgan fingerprint density at radius 3 is 2.69 bits per heavy atom. The van der Waals surface area contributed by atoms with Crippen LogP contribution in [0.2, 0.25) is 0 Å². The Bertz CT molecular complexity index is 1160. The molecule has 0 amide bonds. The molecule has 1 saturated heterocycles. The van der Waals surface area contributed by atoms with E-state index in [1.807, 2.05) is 12.1 Å². The van der Waals surface area contributed by atoms with Gasteiger partial charge in [0.05, 0.1) is 16.7 Å². The molecule has 2 bridgehead atoms. The topological polar surface area (TPSA) is 71.9 Å². The van der Waals surface area contributed by atoms with Crippen molar-refractivity contribution in [3.8, 4) is 11.6 Å². The summed E-state index contributed by atoms with van der Waals surface area (Å²) in [5.74, 6) is 1.36. The molecule has 170 valence electrons. The number of aromatic nitrogens is 1. The summed E-state index contributed by atoms with van der Waals surface area (Å²) < 4.78 is 73.1. The van der Waals surface area contributed by atoms with Crippen molar-refractivity contribution in [2.24, 2.45) is 10.3 Å². The van der Waals surface area contributed by atoms with E-state index in [0.717, 1.165) is 56.1 Å². The molecule has 5 rings (SSSR count). The predicted octanol–water partition coefficient (Wildman–Crippen LogP) is 4.38. The molecule has 2 aliphatic heterocycles. The Hall–Kier alpha value is -2.62. The first kappa shape index (κ1) is 21.2. The highest BCUT2D eigenvalue weighted by Crippen LogP contribution is 2.48. The van der Waals surface area contributed by atoms with Gasteiger partial charge in [-0.3, -0.25) is 0 Å². The van der Waals surface area contributed by atoms with Gasteiger partial charge in [0, 0.05) is 25.4 Å². The summed E-state index contributed by atoms with van der Waals surface area (Å²) in [6, 6.07) is 8.84. The van der Waals surface area contributed by atoms with E-state index < -0.39 is 27.2 Å². The smallest absolute Gasteiger partial charge is 0.416 e. The van der Waals surface area contributed by atoms with Crippen LogP contribution in [0.5, 0.6) is 11.6 Å². The van der Waals surface area contributed by atoms with Crippen molar-refractivity contribution in [3.63, 3.8) is 0 Å². The number of sulfonamides is 1. The first-order chi connectivity index (χ1) is 15.1. The number of hydrogen-bond donors (Lipinski definition) is 0. The van der Waals surface area contributed by atoms with Crippen LogP contribution in [0, 0.1) is 5.92 Å². The maximum absolute atomic E-state index is 12.9. The third kappa shape index (κ3) is 3.85. The second kappa shape index (κ2) is 7.47. The van der Waals surface area contributed by atoms with Gasteiger partial charge in [0.15, 0.2) is 0 Å². The number of nitrogens with zero attached hydrogens (tertiary/aromatic N) is 3. The number of rotatable bonds is 3. The second-order valence-corrected chi connectivity index (χ2v) is 10.5. The van der Waals surface area contributed by atoms with Crippen LogP contribution >= 0.6 is 0 Å². The average molecular weight is 465 g/mol. The van der Waals surface area contributed by atoms with Gasteiger partial charge in [-0.15, -0.1) is 4.40 Å². The monoisotopic (exact) mass is 465 g/mol. The molecule has 0 radical (unpaired) electrons. The summed E-state index contributed by atoms with van der Waals surface area (Å²) in [7, 11) is -3.48. The van der Waals surface area contributed by atoms with Crippen molar-refractivity contribution in [3.05, 3.63) is 53.7 Å². The lowest BCUT2D eigenvalue weighted by Gasteiger charge is -2.52. The van der Waals surface area contributed by atoms with E-state index >= 15 is 0 Å². The fraction of sp³-hybridized carbons (Fsp3) is 0.455. The van der Waals surface area contributed by atoms with E-state index in [4.69, 9.17) is 4.74 Å². The quantitative estimate of drug-likeness (QED) is 0.673. The van der Waals surface area contributed by atoms with Gasteiger partial charge in [0.2, 0.25) is 5.88 Å². The minimum atomic E-state index is -4.48. The summed E-state index contributed by atoms with van der Waals surface area (Å²) in [6.45, 7) is 1.29. The van der Waals surface area contributed by atoms with Gasteiger partial charge in [0.1, 0.15) is 11.6 Å². The molecule has 2 fully saturated rings. The maximum Gasteiger partial charge on any atom is 0.416 e. The minimum absolute atomic E-state index is 0.0378. The van der Waals surface area contributed by atoms with E-state index in [0.29, 0.717) is 24.0 Å². The molecular formula is C22H22F3N3O3S. The molecule has 2 aromatic rings. The number of benzene rings is 1. The van der Waals surface area contributed by atoms with Crippen LogP contribution in [0.25, 0.3) is 0 Å². The molecule has 0 spiro atoms. The first-order valence-electron chi connectivity index (χ1n) is 10.5. The predicted molar refractivity (Wildman–Crippen MR) is 112 cm³/mol. The SMILES string of the molecule is O=S1(=O)CCN2CC3CCCC(c4ccc(Oc5cc(C(F)(F)F)ccn5)cc4)(C3)C2=N1. The van der Waals surface area contributed by atoms with Gasteiger partial charge in [-0.2, -0.15) is 13.2 Å². The van der Waals surface area contributed by atoms with Crippen LogP contribution in [-0.4, -0.2) is 43.0 Å². The third-order valence-electron chi connectivity index (χ3n) is 6.60. The summed E-state index contributed by atoms with van der Waals surface area (Å²) in [4.78, 5) is 5.98. The average Bonchev–Trinajstić information content (AvgIpc) is 2.74. The zero-order valence-electron chi connectivity index (χ0n) is 17.2. The Balaban J connectivity index is 1.46. The Morgan fingerprint density at radius 1 is 1.16 bits per heavy atom. The number of halogens is 3. The lowest BCUT2D eigenvalue weighted by Crippen LogP contribution is -2.59. The molecule has 1 saturated carbocycles. The molecule has 3 aliphatic rings. The normalized spacial score (nSPS) is 26.8. The summed E-state index contributed by atoms with van der Waals surface area (Å²) >= 11 is 0. The first-order valence-corrected chi connectivity index (χ1v) is 12.2. The second-order valence-electron chi connectivity index (χ2n) is 8.70. The van der Waals surface area contributed by atoms with Gasteiger partial charge in [-0.05, 0) is 48.9 Å². The molecular weight excluding hydrogens is 443 g/mol. The summed E-state index contributed by atoms with van der Waals surface area (Å²) in [6.07, 6.45) is 0.336. The molecule has 6 nitrogen and oxygen atoms in total. The molecule has 2 atom stereocenters. The van der Waals surface area contributed by atoms with Crippen LogP contribution in [0.1, 0.15) is 36.8 Å². The standard InChI is InChI=1S/C22H22F3N3O3S/c23-22(24,25)17-7-9-26-19(12-17)31-18-5-3-16(4-6-18)21-8-1-2-15(13-21)14-28-10-11-32(29,30)27-20(21)28/h3-7,9,12,15H,1-2,8,10-11,13-14H2. The summed E-state index contributed by atoms with van der Waals surface area (Å²) in [5.41, 5.74) is -0.348. The van der Waals surface area contributed by atoms with Gasteiger partial charge in [0.25, 0.3) is 10.0 Å². The molecule has 3 heterocycles. The number of amidine groups is 1. The highest BCUT2D eigenvalue weighted by molar-refractivity contribution is 7.90. The van der Waals surface area contributed by atoms with Crippen molar-refractivity contribution in [2.75, 3.05) is 18.8 Å². The van der Waals surface area contributed by atoms with Gasteiger partial charge in [-0.1, -0.05) is 18.6 Å². The number of fused-ring (bicyclic) bond motifs is 4. The van der Waals surface area contributed by atoms with E-state index in [-0.39, 0.29) is 11.6 Å². The largest absolute Gasteiger partial charge is 0.439 e. The fourth-order valence-electron chi connectivity index (χ4n) is 5.19. The third-order valence-corrected chi connectivity index (χ3v) is 7.75. The van der Waals surface area contributed by atoms with Crippen molar-refractivity contribution >= 4 is 15.9 Å². The van der Waals surface area contributed by atoms with Gasteiger partial charge < -0.3 is 9.64 Å².